The van der Waals surface area contributed by atoms with Crippen molar-refractivity contribution in [2.24, 2.45) is 16.0 Å². The molecule has 0 aliphatic rings. The number of aldehydes is 1. The molecule has 0 spiro atoms. The van der Waals surface area contributed by atoms with Crippen LogP contribution in [-0.4, -0.2) is 78.0 Å². The number of carboxylic acid groups (broad SMARTS) is 1. The van der Waals surface area contributed by atoms with Gasteiger partial charge in [0.25, 0.3) is 17.7 Å². The van der Waals surface area contributed by atoms with Gasteiger partial charge in [-0.2, -0.15) is 52.7 Å². The smallest absolute Gasteiger partial charge is 0.475 e. The minimum atomic E-state index is -5.08. The number of carbonyl (C=O) groups is 5. The van der Waals surface area contributed by atoms with Crippen LogP contribution in [-0.2, 0) is 77.1 Å². The molecule has 0 heterocycles. The minimum Gasteiger partial charge on any atom is -0.475 e. The summed E-state index contributed by atoms with van der Waals surface area (Å²) in [5.74, 6) is -4.21. The third-order valence-electron chi connectivity index (χ3n) is 19.1. The maximum absolute atomic E-state index is 13.8. The van der Waals surface area contributed by atoms with Gasteiger partial charge in [-0.05, 0) is 240 Å². The van der Waals surface area contributed by atoms with Crippen molar-refractivity contribution in [2.45, 2.75) is 205 Å². The summed E-state index contributed by atoms with van der Waals surface area (Å²) in [6.45, 7) is 20.1. The van der Waals surface area contributed by atoms with Crippen LogP contribution in [0.2, 0.25) is 0 Å². The molecule has 0 aliphatic heterocycles. The quantitative estimate of drug-likeness (QED) is 0.0166. The van der Waals surface area contributed by atoms with Crippen LogP contribution in [0.25, 0.3) is 33.4 Å². The first-order valence-electron chi connectivity index (χ1n) is 39.5. The molecule has 9 aromatic carbocycles. The Hall–Kier alpha value is -10.5. The van der Waals surface area contributed by atoms with Gasteiger partial charge in [-0.25, -0.2) is 35.2 Å². The number of carboxylic acids is 1. The molecule has 3 amide bonds. The highest BCUT2D eigenvalue weighted by molar-refractivity contribution is 7.91. The number of aryl methyl sites for hydroxylation is 6. The van der Waals surface area contributed by atoms with Gasteiger partial charge in [0.15, 0.2) is 19.7 Å². The van der Waals surface area contributed by atoms with Crippen LogP contribution < -0.4 is 21.1 Å². The van der Waals surface area contributed by atoms with Crippen molar-refractivity contribution in [3.05, 3.63) is 249 Å². The summed E-state index contributed by atoms with van der Waals surface area (Å²) in [6.07, 6.45) is -6.46. The molecule has 0 fully saturated rings. The Morgan fingerprint density at radius 1 is 0.374 bits per heavy atom. The zero-order chi connectivity index (χ0) is 92.0. The summed E-state index contributed by atoms with van der Waals surface area (Å²) in [4.78, 5) is 59.2. The summed E-state index contributed by atoms with van der Waals surface area (Å²) in [5.41, 5.74) is 3.65. The lowest BCUT2D eigenvalue weighted by molar-refractivity contribution is -0.192. The Balaban J connectivity index is 0.000000274. The van der Waals surface area contributed by atoms with Gasteiger partial charge >= 0.3 is 30.7 Å². The van der Waals surface area contributed by atoms with E-state index in [0.717, 1.165) is 88.0 Å². The number of hydrogen-bond acceptors (Lipinski definition) is 11. The molecular formula is C92H102F12N4O12S3. The van der Waals surface area contributed by atoms with Crippen LogP contribution in [0.4, 0.5) is 69.7 Å². The molecule has 9 rings (SSSR count). The van der Waals surface area contributed by atoms with E-state index in [9.17, 15) is 97.1 Å². The average molecular weight is 1780 g/mol. The van der Waals surface area contributed by atoms with Gasteiger partial charge in [0.2, 0.25) is 10.0 Å². The minimum absolute atomic E-state index is 0.0125. The molecule has 664 valence electrons. The Morgan fingerprint density at radius 3 is 0.902 bits per heavy atom. The SMILES string of the molecule is CCCCCCCc1cc(NC(=O)c2ccc(S(=O)(=O)CC(C)(C)C)c(C)c2)ccc1-c1ccccc1C(F)(F)F.CCCCCCCc1cc(NC(=O)c2ccc(S(N)(=O)=O)c(C)c2)ccc1-c1ccccc1C(F)(F)F.Cc1cc(C(=O)Nc2ccc(-c3ccccc3C(F)(F)F)c(CCC=O)c2)ccc1S(=O)(=O)CC(C)(C)C.O=C(O)C(F)(F)F. The van der Waals surface area contributed by atoms with Crippen molar-refractivity contribution in [3.8, 4) is 33.4 Å². The molecule has 9 aromatic rings. The molecule has 0 aliphatic carbocycles. The number of nitrogens with two attached hydrogens (primary N) is 1. The number of sulfone groups is 2. The van der Waals surface area contributed by atoms with E-state index < -0.39 is 106 Å². The predicted molar refractivity (Wildman–Crippen MR) is 455 cm³/mol. The number of hydrogen-bond donors (Lipinski definition) is 5. The van der Waals surface area contributed by atoms with Crippen molar-refractivity contribution in [3.63, 3.8) is 0 Å². The second kappa shape index (κ2) is 43.2. The fraction of sp³-hybridized carbons (Fsp3) is 0.359. The first-order valence-corrected chi connectivity index (χ1v) is 44.3. The van der Waals surface area contributed by atoms with Gasteiger partial charge in [0.05, 0.1) is 42.9 Å². The largest absolute Gasteiger partial charge is 0.490 e. The maximum atomic E-state index is 13.8. The van der Waals surface area contributed by atoms with Crippen LogP contribution in [0, 0.1) is 31.6 Å². The number of anilines is 3. The van der Waals surface area contributed by atoms with E-state index in [0.29, 0.717) is 86.3 Å². The summed E-state index contributed by atoms with van der Waals surface area (Å²) in [5, 5.41) is 20.7. The number of aliphatic carboxylic acids is 1. The first-order chi connectivity index (χ1) is 57.1. The van der Waals surface area contributed by atoms with Crippen molar-refractivity contribution < 1.29 is 107 Å². The zero-order valence-electron chi connectivity index (χ0n) is 70.0. The average Bonchev–Trinajstić information content (AvgIpc) is 0.786. The number of alkyl halides is 12. The highest BCUT2D eigenvalue weighted by Crippen LogP contribution is 2.43. The van der Waals surface area contributed by atoms with Gasteiger partial charge in [0, 0.05) is 40.2 Å². The third kappa shape index (κ3) is 30.8. The Labute approximate surface area is 710 Å². The van der Waals surface area contributed by atoms with E-state index in [1.165, 1.54) is 103 Å². The molecule has 0 aromatic heterocycles. The monoisotopic (exact) mass is 1780 g/mol. The molecule has 0 saturated carbocycles. The molecule has 16 nitrogen and oxygen atoms in total. The Bertz CT molecular complexity index is 5580. The Kier molecular flexibility index (Phi) is 35.6. The number of rotatable bonds is 29. The number of carbonyl (C=O) groups excluding carboxylic acids is 4. The highest BCUT2D eigenvalue weighted by Gasteiger charge is 2.39. The molecule has 31 heteroatoms. The van der Waals surface area contributed by atoms with E-state index in [1.807, 2.05) is 41.5 Å². The fourth-order valence-corrected chi connectivity index (χ4v) is 18.7. The van der Waals surface area contributed by atoms with Gasteiger partial charge in [-0.3, -0.25) is 14.4 Å². The molecule has 0 radical (unpaired) electrons. The van der Waals surface area contributed by atoms with Crippen molar-refractivity contribution in [2.75, 3.05) is 27.5 Å². The fourth-order valence-electron chi connectivity index (χ4n) is 13.7. The van der Waals surface area contributed by atoms with Gasteiger partial charge in [0.1, 0.15) is 6.29 Å². The van der Waals surface area contributed by atoms with E-state index in [2.05, 4.69) is 29.8 Å². The summed E-state index contributed by atoms with van der Waals surface area (Å²) in [6, 6.07) is 43.6. The van der Waals surface area contributed by atoms with Crippen molar-refractivity contribution in [1.82, 2.24) is 0 Å². The summed E-state index contributed by atoms with van der Waals surface area (Å²) < 4.78 is 230. The topological polar surface area (TPSA) is 270 Å². The predicted octanol–water partition coefficient (Wildman–Crippen LogP) is 23.9. The number of primary sulfonamides is 1. The Morgan fingerprint density at radius 2 is 0.650 bits per heavy atom. The molecule has 123 heavy (non-hydrogen) atoms. The van der Waals surface area contributed by atoms with Gasteiger partial charge < -0.3 is 25.9 Å². The third-order valence-corrected chi connectivity index (χ3v) is 24.9. The molecule has 0 bridgehead atoms. The van der Waals surface area contributed by atoms with Crippen LogP contribution >= 0.6 is 0 Å². The highest BCUT2D eigenvalue weighted by atomic mass is 32.2. The second-order valence-electron chi connectivity index (χ2n) is 32.1. The number of sulfonamides is 1. The van der Waals surface area contributed by atoms with Crippen LogP contribution in [0.3, 0.4) is 0 Å². The molecule has 6 N–H and O–H groups in total. The second-order valence-corrected chi connectivity index (χ2v) is 37.5. The van der Waals surface area contributed by atoms with E-state index in [4.69, 9.17) is 15.0 Å². The van der Waals surface area contributed by atoms with E-state index in [1.54, 1.807) is 81.4 Å². The van der Waals surface area contributed by atoms with Crippen LogP contribution in [0.1, 0.15) is 207 Å². The molecule has 0 saturated heterocycles. The van der Waals surface area contributed by atoms with Gasteiger partial charge in [-0.15, -0.1) is 0 Å². The molecular weight excluding hydrogens is 1680 g/mol. The van der Waals surface area contributed by atoms with Crippen LogP contribution in [0.5, 0.6) is 0 Å². The molecule has 0 unspecified atom stereocenters. The number of benzene rings is 9. The number of nitrogens with one attached hydrogen (secondary N) is 3. The standard InChI is InChI=1S/C33H40F3NO3S.C29H30F3NO4S.C28H31F3N2O3S.C2HF3O2/c1-6-7-8-9-10-13-24-21-26(17-18-27(24)28-14-11-12-15-29(28)33(34,35)36)37-31(38)25-16-19-30(23(2)20-25)41(39,40)22-32(3,4)5;1-19-16-21(11-14-26(19)38(36,37)18-28(2,3)4)27(35)33-22-12-13-23(20(17-22)8-7-15-34)24-9-5-6-10-25(24)29(30,31)32;1-3-4-5-6-7-10-20-18-22(14-15-23(20)24-11-8-9-12-25(24)28(29,30)31)33-27(34)21-13-16-26(19(2)17-21)37(32,35)36;3-2(4,5)1(6)7/h11-12,14-21H,6-10,13,22H2,1-5H3,(H,37,38);5-6,9-17H,7-8,18H2,1-4H3,(H,33,35);8-9,11-18H,3-7,10H2,1-2H3,(H,33,34)(H2,32,35,36);(H,6,7). The lowest BCUT2D eigenvalue weighted by atomic mass is 9.92. The number of amides is 3. The number of halogens is 12. The lowest BCUT2D eigenvalue weighted by Gasteiger charge is -2.19. The lowest BCUT2D eigenvalue weighted by Crippen LogP contribution is -2.22. The first kappa shape index (κ1) is 101. The summed E-state index contributed by atoms with van der Waals surface area (Å²) >= 11 is 0. The van der Waals surface area contributed by atoms with Crippen molar-refractivity contribution in [1.29, 1.82) is 0 Å². The van der Waals surface area contributed by atoms with Gasteiger partial charge in [-0.1, -0.05) is 180 Å². The van der Waals surface area contributed by atoms with Crippen molar-refractivity contribution >= 4 is 76.7 Å². The molecule has 0 atom stereocenters. The van der Waals surface area contributed by atoms with E-state index in [-0.39, 0.29) is 66.9 Å². The zero-order valence-corrected chi connectivity index (χ0v) is 72.4. The van der Waals surface area contributed by atoms with E-state index >= 15 is 0 Å². The maximum Gasteiger partial charge on any atom is 0.490 e. The normalized spacial score (nSPS) is 12.2. The van der Waals surface area contributed by atoms with Crippen LogP contribution in [0.15, 0.2) is 197 Å². The number of unbranched alkanes of at least 4 members (excludes halogenated alkanes) is 8. The summed E-state index contributed by atoms with van der Waals surface area (Å²) in [7, 11) is -11.0.